The second kappa shape index (κ2) is 6.24. The van der Waals surface area contributed by atoms with Crippen molar-refractivity contribution in [3.05, 3.63) is 71.8 Å². The second-order valence-electron chi connectivity index (χ2n) is 6.86. The van der Waals surface area contributed by atoms with Crippen molar-refractivity contribution < 1.29 is 4.42 Å². The number of rotatable bonds is 3. The van der Waals surface area contributed by atoms with Gasteiger partial charge in [0.25, 0.3) is 0 Å². The van der Waals surface area contributed by atoms with Crippen LogP contribution in [0.1, 0.15) is 30.9 Å². The van der Waals surface area contributed by atoms with Gasteiger partial charge in [-0.3, -0.25) is 0 Å². The molecule has 0 aliphatic carbocycles. The molecule has 3 nitrogen and oxygen atoms in total. The summed E-state index contributed by atoms with van der Waals surface area (Å²) in [5.74, 6) is 0.512. The quantitative estimate of drug-likeness (QED) is 0.436. The van der Waals surface area contributed by atoms with E-state index in [1.54, 1.807) is 6.07 Å². The molecule has 0 spiro atoms. The first-order chi connectivity index (χ1) is 12.6. The van der Waals surface area contributed by atoms with Gasteiger partial charge in [-0.15, -0.1) is 0 Å². The Kier molecular flexibility index (Phi) is 3.89. The van der Waals surface area contributed by atoms with Gasteiger partial charge in [0, 0.05) is 23.5 Å². The number of nitriles is 1. The number of fused-ring (bicyclic) bond motifs is 3. The number of anilines is 2. The maximum Gasteiger partial charge on any atom is 0.159 e. The van der Waals surface area contributed by atoms with Crippen LogP contribution >= 0.6 is 0 Å². The molecule has 0 fully saturated rings. The Labute approximate surface area is 153 Å². The van der Waals surface area contributed by atoms with Crippen LogP contribution in [0.5, 0.6) is 0 Å². The van der Waals surface area contributed by atoms with Crippen LogP contribution in [0.15, 0.2) is 65.1 Å². The highest BCUT2D eigenvalue weighted by atomic mass is 16.3. The third-order valence-corrected chi connectivity index (χ3v) is 4.93. The predicted octanol–water partition coefficient (Wildman–Crippen LogP) is 6.35. The molecule has 26 heavy (non-hydrogen) atoms. The second-order valence-corrected chi connectivity index (χ2v) is 6.86. The van der Waals surface area contributed by atoms with Crippen LogP contribution in [0.2, 0.25) is 0 Å². The molecule has 128 valence electrons. The van der Waals surface area contributed by atoms with E-state index in [0.717, 1.165) is 27.7 Å². The summed E-state index contributed by atoms with van der Waals surface area (Å²) in [6, 6.07) is 22.7. The first-order valence-electron chi connectivity index (χ1n) is 8.78. The van der Waals surface area contributed by atoms with Crippen LogP contribution in [0.3, 0.4) is 0 Å². The zero-order valence-corrected chi connectivity index (χ0v) is 15.2. The van der Waals surface area contributed by atoms with E-state index < -0.39 is 0 Å². The lowest BCUT2D eigenvalue weighted by Crippen LogP contribution is -2.09. The minimum Gasteiger partial charge on any atom is -0.452 e. The van der Waals surface area contributed by atoms with Crippen LogP contribution in [0, 0.1) is 11.3 Å². The number of hydrogen-bond donors (Lipinski definition) is 0. The minimum atomic E-state index is 0.512. The topological polar surface area (TPSA) is 40.2 Å². The Morgan fingerprint density at radius 1 is 0.885 bits per heavy atom. The summed E-state index contributed by atoms with van der Waals surface area (Å²) in [4.78, 5) is 2.13. The first-order valence-corrected chi connectivity index (χ1v) is 8.78. The maximum absolute atomic E-state index is 9.37. The van der Waals surface area contributed by atoms with Crippen molar-refractivity contribution >= 4 is 33.3 Å². The van der Waals surface area contributed by atoms with E-state index in [1.165, 1.54) is 5.56 Å². The van der Waals surface area contributed by atoms with Crippen LogP contribution in [-0.4, -0.2) is 7.05 Å². The van der Waals surface area contributed by atoms with E-state index in [9.17, 15) is 5.26 Å². The SMILES string of the molecule is CC(C)c1ccc(N(C)c2cccc3c2oc2c(C#N)cccc23)cc1. The summed E-state index contributed by atoms with van der Waals surface area (Å²) in [5.41, 5.74) is 5.43. The normalized spacial score (nSPS) is 11.2. The average Bonchev–Trinajstić information content (AvgIpc) is 3.06. The fourth-order valence-corrected chi connectivity index (χ4v) is 3.38. The molecule has 4 aromatic rings. The lowest BCUT2D eigenvalue weighted by Gasteiger charge is -2.20. The molecule has 0 aliphatic rings. The molecular weight excluding hydrogens is 320 g/mol. The highest BCUT2D eigenvalue weighted by molar-refractivity contribution is 6.10. The van der Waals surface area contributed by atoms with E-state index >= 15 is 0 Å². The third kappa shape index (κ3) is 2.51. The molecule has 1 heterocycles. The Morgan fingerprint density at radius 2 is 1.54 bits per heavy atom. The zero-order valence-electron chi connectivity index (χ0n) is 15.2. The van der Waals surface area contributed by atoms with Crippen LogP contribution in [0.25, 0.3) is 21.9 Å². The van der Waals surface area contributed by atoms with Crippen molar-refractivity contribution in [2.75, 3.05) is 11.9 Å². The number of nitrogens with zero attached hydrogens (tertiary/aromatic N) is 2. The summed E-state index contributed by atoms with van der Waals surface area (Å²) < 4.78 is 6.15. The number of hydrogen-bond acceptors (Lipinski definition) is 3. The van der Waals surface area contributed by atoms with E-state index in [1.807, 2.05) is 37.4 Å². The van der Waals surface area contributed by atoms with Gasteiger partial charge in [-0.1, -0.05) is 50.2 Å². The summed E-state index contributed by atoms with van der Waals surface area (Å²) in [6.45, 7) is 4.39. The van der Waals surface area contributed by atoms with Crippen molar-refractivity contribution in [1.82, 2.24) is 0 Å². The van der Waals surface area contributed by atoms with Gasteiger partial charge >= 0.3 is 0 Å². The Bertz CT molecular complexity index is 1130. The molecular formula is C23H20N2O. The standard InChI is InChI=1S/C23H20N2O/c1-15(2)16-10-12-18(13-11-16)25(3)21-9-5-8-20-19-7-4-6-17(14-24)22(19)26-23(20)21/h4-13,15H,1-3H3. The summed E-state index contributed by atoms with van der Waals surface area (Å²) in [5, 5.41) is 11.4. The number of furan rings is 1. The van der Waals surface area contributed by atoms with E-state index in [0.29, 0.717) is 17.1 Å². The zero-order chi connectivity index (χ0) is 18.3. The first kappa shape index (κ1) is 16.2. The lowest BCUT2D eigenvalue weighted by atomic mass is 10.0. The predicted molar refractivity (Wildman–Crippen MR) is 107 cm³/mol. The van der Waals surface area contributed by atoms with E-state index in [2.05, 4.69) is 49.1 Å². The van der Waals surface area contributed by atoms with Crippen molar-refractivity contribution in [1.29, 1.82) is 5.26 Å². The van der Waals surface area contributed by atoms with Gasteiger partial charge in [-0.2, -0.15) is 5.26 Å². The Morgan fingerprint density at radius 3 is 2.19 bits per heavy atom. The Balaban J connectivity index is 1.87. The molecule has 0 aliphatic heterocycles. The molecule has 3 aromatic carbocycles. The van der Waals surface area contributed by atoms with Gasteiger partial charge in [0.1, 0.15) is 6.07 Å². The molecule has 0 unspecified atom stereocenters. The monoisotopic (exact) mass is 340 g/mol. The Hall–Kier alpha value is -3.25. The van der Waals surface area contributed by atoms with E-state index in [4.69, 9.17) is 4.42 Å². The summed E-state index contributed by atoms with van der Waals surface area (Å²) in [6.07, 6.45) is 0. The lowest BCUT2D eigenvalue weighted by molar-refractivity contribution is 0.667. The van der Waals surface area contributed by atoms with Gasteiger partial charge in [0.15, 0.2) is 11.2 Å². The van der Waals surface area contributed by atoms with Crippen molar-refractivity contribution in [3.63, 3.8) is 0 Å². The van der Waals surface area contributed by atoms with Crippen LogP contribution < -0.4 is 4.90 Å². The third-order valence-electron chi connectivity index (χ3n) is 4.93. The van der Waals surface area contributed by atoms with Gasteiger partial charge in [-0.25, -0.2) is 0 Å². The summed E-state index contributed by atoms with van der Waals surface area (Å²) >= 11 is 0. The molecule has 3 heteroatoms. The molecule has 1 aromatic heterocycles. The number of benzene rings is 3. The maximum atomic E-state index is 9.37. The fraction of sp³-hybridized carbons (Fsp3) is 0.174. The smallest absolute Gasteiger partial charge is 0.159 e. The van der Waals surface area contributed by atoms with Crippen LogP contribution in [0.4, 0.5) is 11.4 Å². The highest BCUT2D eigenvalue weighted by Gasteiger charge is 2.16. The average molecular weight is 340 g/mol. The molecule has 0 amide bonds. The minimum absolute atomic E-state index is 0.512. The van der Waals surface area contributed by atoms with Gasteiger partial charge in [0.2, 0.25) is 0 Å². The molecule has 0 saturated carbocycles. The number of para-hydroxylation sites is 2. The van der Waals surface area contributed by atoms with Crippen molar-refractivity contribution in [2.24, 2.45) is 0 Å². The molecule has 0 atom stereocenters. The molecule has 0 N–H and O–H groups in total. The van der Waals surface area contributed by atoms with Crippen LogP contribution in [-0.2, 0) is 0 Å². The molecule has 0 bridgehead atoms. The van der Waals surface area contributed by atoms with E-state index in [-0.39, 0.29) is 0 Å². The molecule has 0 radical (unpaired) electrons. The summed E-state index contributed by atoms with van der Waals surface area (Å²) in [7, 11) is 2.04. The van der Waals surface area contributed by atoms with Gasteiger partial charge < -0.3 is 9.32 Å². The van der Waals surface area contributed by atoms with Crippen molar-refractivity contribution in [3.8, 4) is 6.07 Å². The highest BCUT2D eigenvalue weighted by Crippen LogP contribution is 2.38. The van der Waals surface area contributed by atoms with Gasteiger partial charge in [0.05, 0.1) is 11.3 Å². The fourth-order valence-electron chi connectivity index (χ4n) is 3.38. The largest absolute Gasteiger partial charge is 0.452 e. The van der Waals surface area contributed by atoms with Gasteiger partial charge in [-0.05, 0) is 35.7 Å². The molecule has 4 rings (SSSR count). The van der Waals surface area contributed by atoms with Crippen molar-refractivity contribution in [2.45, 2.75) is 19.8 Å². The molecule has 0 saturated heterocycles.